The van der Waals surface area contributed by atoms with Crippen LogP contribution < -0.4 is 5.32 Å². The molecule has 30 heavy (non-hydrogen) atoms. The Kier molecular flexibility index (Phi) is 6.14. The number of aliphatic hydroxyl groups is 1. The molecule has 1 aromatic carbocycles. The molecule has 2 unspecified atom stereocenters. The maximum absolute atomic E-state index is 14.3. The number of rotatable bonds is 4. The molecule has 162 valence electrons. The van der Waals surface area contributed by atoms with Crippen LogP contribution >= 0.6 is 11.6 Å². The summed E-state index contributed by atoms with van der Waals surface area (Å²) in [5.41, 5.74) is -0.123. The number of carbonyl (C=O) groups is 2. The SMILES string of the molecule is CNC(=O)C1CC(O)CN1C(=O)[C@@H](n1cc(-c2ccc(Cl)cc2F)nn1)C(C)(C)C. The lowest BCUT2D eigenvalue weighted by atomic mass is 9.85. The molecule has 2 heterocycles. The predicted molar refractivity (Wildman–Crippen MR) is 109 cm³/mol. The quantitative estimate of drug-likeness (QED) is 0.762. The molecule has 2 aromatic rings. The third-order valence-corrected chi connectivity index (χ3v) is 5.38. The highest BCUT2D eigenvalue weighted by molar-refractivity contribution is 6.30. The zero-order valence-corrected chi connectivity index (χ0v) is 18.0. The Hall–Kier alpha value is -2.52. The summed E-state index contributed by atoms with van der Waals surface area (Å²) in [6.45, 7) is 5.64. The highest BCUT2D eigenvalue weighted by Crippen LogP contribution is 2.35. The van der Waals surface area contributed by atoms with Gasteiger partial charge in [0, 0.05) is 30.6 Å². The maximum Gasteiger partial charge on any atom is 0.248 e. The standard InChI is InChI=1S/C20H25ClFN5O3/c1-20(2,3)17(19(30)26-9-12(28)8-16(26)18(29)23-4)27-10-15(24-25-27)13-6-5-11(21)7-14(13)22/h5-7,10,12,16-17,28H,8-9H2,1-4H3,(H,23,29)/t12?,16?,17-/m1/s1. The van der Waals surface area contributed by atoms with Gasteiger partial charge in [-0.05, 0) is 23.6 Å². The fourth-order valence-corrected chi connectivity index (χ4v) is 3.89. The number of hydrogen-bond donors (Lipinski definition) is 2. The first-order chi connectivity index (χ1) is 14.0. The summed E-state index contributed by atoms with van der Waals surface area (Å²) in [5, 5.41) is 21.0. The van der Waals surface area contributed by atoms with Crippen molar-refractivity contribution in [3.8, 4) is 11.3 Å². The fourth-order valence-electron chi connectivity index (χ4n) is 3.73. The lowest BCUT2D eigenvalue weighted by Crippen LogP contribution is -2.49. The fraction of sp³-hybridized carbons (Fsp3) is 0.500. The lowest BCUT2D eigenvalue weighted by molar-refractivity contribution is -0.144. The summed E-state index contributed by atoms with van der Waals surface area (Å²) < 4.78 is 15.7. The molecule has 0 radical (unpaired) electrons. The van der Waals surface area contributed by atoms with Crippen molar-refractivity contribution >= 4 is 23.4 Å². The van der Waals surface area contributed by atoms with E-state index in [4.69, 9.17) is 11.6 Å². The second kappa shape index (κ2) is 8.31. The van der Waals surface area contributed by atoms with E-state index >= 15 is 0 Å². The molecule has 1 saturated heterocycles. The van der Waals surface area contributed by atoms with Gasteiger partial charge in [-0.2, -0.15) is 0 Å². The summed E-state index contributed by atoms with van der Waals surface area (Å²) >= 11 is 5.81. The van der Waals surface area contributed by atoms with Gasteiger partial charge in [0.15, 0.2) is 0 Å². The Morgan fingerprint density at radius 2 is 2.07 bits per heavy atom. The molecule has 1 aromatic heterocycles. The molecule has 0 spiro atoms. The van der Waals surface area contributed by atoms with Gasteiger partial charge in [0.05, 0.1) is 12.3 Å². The van der Waals surface area contributed by atoms with Crippen molar-refractivity contribution in [3.05, 3.63) is 35.2 Å². The first-order valence-corrected chi connectivity index (χ1v) is 9.98. The van der Waals surface area contributed by atoms with Crippen molar-refractivity contribution in [3.63, 3.8) is 0 Å². The number of β-amino-alcohol motifs (C(OH)–C–C–N with tert-alkyl or cyclic N) is 1. The number of nitrogens with one attached hydrogen (secondary N) is 1. The van der Waals surface area contributed by atoms with Gasteiger partial charge in [-0.25, -0.2) is 9.07 Å². The number of likely N-dealkylation sites (N-methyl/N-ethyl adjacent to an activating group) is 1. The van der Waals surface area contributed by atoms with Gasteiger partial charge in [-0.15, -0.1) is 5.10 Å². The monoisotopic (exact) mass is 437 g/mol. The van der Waals surface area contributed by atoms with Crippen LogP contribution in [0.5, 0.6) is 0 Å². The number of hydrogen-bond acceptors (Lipinski definition) is 5. The predicted octanol–water partition coefficient (Wildman–Crippen LogP) is 2.03. The van der Waals surface area contributed by atoms with Gasteiger partial charge in [-0.3, -0.25) is 9.59 Å². The van der Waals surface area contributed by atoms with Gasteiger partial charge in [0.25, 0.3) is 0 Å². The second-order valence-electron chi connectivity index (χ2n) is 8.49. The van der Waals surface area contributed by atoms with Crippen molar-refractivity contribution in [2.24, 2.45) is 5.41 Å². The van der Waals surface area contributed by atoms with Gasteiger partial charge in [-0.1, -0.05) is 37.6 Å². The lowest BCUT2D eigenvalue weighted by Gasteiger charge is -2.34. The van der Waals surface area contributed by atoms with E-state index in [0.29, 0.717) is 0 Å². The Balaban J connectivity index is 1.97. The summed E-state index contributed by atoms with van der Waals surface area (Å²) in [6.07, 6.45) is 0.883. The topological polar surface area (TPSA) is 100 Å². The molecule has 0 saturated carbocycles. The summed E-state index contributed by atoms with van der Waals surface area (Å²) in [4.78, 5) is 27.1. The van der Waals surface area contributed by atoms with Crippen LogP contribution in [0.25, 0.3) is 11.3 Å². The summed E-state index contributed by atoms with van der Waals surface area (Å²) in [7, 11) is 1.49. The molecular weight excluding hydrogens is 413 g/mol. The van der Waals surface area contributed by atoms with E-state index in [2.05, 4.69) is 15.6 Å². The average Bonchev–Trinajstić information content (AvgIpc) is 3.27. The Bertz CT molecular complexity index is 958. The van der Waals surface area contributed by atoms with E-state index in [0.717, 1.165) is 0 Å². The van der Waals surface area contributed by atoms with E-state index in [1.807, 2.05) is 20.8 Å². The van der Waals surface area contributed by atoms with Crippen molar-refractivity contribution < 1.29 is 19.1 Å². The minimum atomic E-state index is -0.813. The number of nitrogens with zero attached hydrogens (tertiary/aromatic N) is 4. The van der Waals surface area contributed by atoms with Crippen LogP contribution in [0.2, 0.25) is 5.02 Å². The second-order valence-corrected chi connectivity index (χ2v) is 8.92. The van der Waals surface area contributed by atoms with Crippen LogP contribution in [0, 0.1) is 11.2 Å². The van der Waals surface area contributed by atoms with Crippen molar-refractivity contribution in [1.29, 1.82) is 0 Å². The first-order valence-electron chi connectivity index (χ1n) is 9.60. The third-order valence-electron chi connectivity index (χ3n) is 5.15. The number of halogens is 2. The highest BCUT2D eigenvalue weighted by Gasteiger charge is 2.45. The minimum absolute atomic E-state index is 0.0524. The summed E-state index contributed by atoms with van der Waals surface area (Å²) in [5.74, 6) is -1.24. The van der Waals surface area contributed by atoms with Crippen molar-refractivity contribution in [2.45, 2.75) is 45.4 Å². The molecule has 3 atom stereocenters. The molecule has 2 amide bonds. The Morgan fingerprint density at radius 3 is 2.67 bits per heavy atom. The van der Waals surface area contributed by atoms with E-state index in [1.165, 1.54) is 35.0 Å². The molecule has 1 aliphatic rings. The number of carbonyl (C=O) groups excluding carboxylic acids is 2. The van der Waals surface area contributed by atoms with Crippen molar-refractivity contribution in [2.75, 3.05) is 13.6 Å². The van der Waals surface area contributed by atoms with E-state index in [9.17, 15) is 19.1 Å². The Labute approximate surface area is 179 Å². The summed E-state index contributed by atoms with van der Waals surface area (Å²) in [6, 6.07) is 2.65. The number of aromatic nitrogens is 3. The minimum Gasteiger partial charge on any atom is -0.391 e. The van der Waals surface area contributed by atoms with E-state index in [-0.39, 0.29) is 41.1 Å². The first kappa shape index (κ1) is 22.2. The van der Waals surface area contributed by atoms with Crippen LogP contribution in [0.15, 0.2) is 24.4 Å². The van der Waals surface area contributed by atoms with Gasteiger partial charge in [0.1, 0.15) is 23.6 Å². The van der Waals surface area contributed by atoms with Crippen molar-refractivity contribution in [1.82, 2.24) is 25.2 Å². The van der Waals surface area contributed by atoms with E-state index in [1.54, 1.807) is 6.07 Å². The maximum atomic E-state index is 14.3. The zero-order valence-electron chi connectivity index (χ0n) is 17.3. The molecule has 0 bridgehead atoms. The average molecular weight is 438 g/mol. The van der Waals surface area contributed by atoms with Gasteiger partial charge < -0.3 is 15.3 Å². The molecule has 2 N–H and O–H groups in total. The molecule has 1 fully saturated rings. The third kappa shape index (κ3) is 4.32. The van der Waals surface area contributed by atoms with Gasteiger partial charge >= 0.3 is 0 Å². The smallest absolute Gasteiger partial charge is 0.248 e. The normalized spacial score (nSPS) is 20.3. The molecule has 0 aliphatic carbocycles. The number of amides is 2. The molecule has 8 nitrogen and oxygen atoms in total. The number of likely N-dealkylation sites (tertiary alicyclic amines) is 1. The largest absolute Gasteiger partial charge is 0.391 e. The Morgan fingerprint density at radius 1 is 1.37 bits per heavy atom. The van der Waals surface area contributed by atoms with Crippen LogP contribution in [0.3, 0.4) is 0 Å². The van der Waals surface area contributed by atoms with Crippen LogP contribution in [-0.2, 0) is 9.59 Å². The number of aliphatic hydroxyl groups excluding tert-OH is 1. The van der Waals surface area contributed by atoms with E-state index < -0.39 is 29.4 Å². The zero-order chi connectivity index (χ0) is 22.2. The van der Waals surface area contributed by atoms with Crippen LogP contribution in [0.1, 0.15) is 33.2 Å². The van der Waals surface area contributed by atoms with Crippen LogP contribution in [-0.4, -0.2) is 62.6 Å². The van der Waals surface area contributed by atoms with Crippen LogP contribution in [0.4, 0.5) is 4.39 Å². The molecular formula is C20H25ClFN5O3. The molecule has 3 rings (SSSR count). The molecule has 1 aliphatic heterocycles. The number of benzene rings is 1. The van der Waals surface area contributed by atoms with Gasteiger partial charge in [0.2, 0.25) is 11.8 Å². The highest BCUT2D eigenvalue weighted by atomic mass is 35.5. The molecule has 10 heteroatoms.